The number of likely N-dealkylation sites (tertiary alicyclic amines) is 1. The van der Waals surface area contributed by atoms with Crippen LogP contribution in [0.5, 0.6) is 11.5 Å². The van der Waals surface area contributed by atoms with E-state index in [0.29, 0.717) is 34.9 Å². The van der Waals surface area contributed by atoms with Crippen LogP contribution < -0.4 is 9.47 Å². The maximum Gasteiger partial charge on any atom is 0.307 e. The van der Waals surface area contributed by atoms with Gasteiger partial charge in [0.15, 0.2) is 11.5 Å². The van der Waals surface area contributed by atoms with Crippen molar-refractivity contribution in [3.8, 4) is 11.5 Å². The first-order valence-electron chi connectivity index (χ1n) is 8.78. The minimum atomic E-state index is -0.489. The summed E-state index contributed by atoms with van der Waals surface area (Å²) < 4.78 is 15.7. The predicted molar refractivity (Wildman–Crippen MR) is 94.1 cm³/mol. The van der Waals surface area contributed by atoms with Crippen LogP contribution in [-0.4, -0.2) is 36.0 Å². The number of halogens is 1. The molecule has 0 spiro atoms. The predicted octanol–water partition coefficient (Wildman–Crippen LogP) is 2.45. The molecule has 0 unspecified atom stereocenters. The molecular formula is C19H18ClNO6. The summed E-state index contributed by atoms with van der Waals surface area (Å²) in [6.07, 6.45) is 4.99. The molecule has 0 aromatic heterocycles. The van der Waals surface area contributed by atoms with Crippen molar-refractivity contribution < 1.29 is 28.6 Å². The van der Waals surface area contributed by atoms with Gasteiger partial charge in [-0.1, -0.05) is 23.8 Å². The van der Waals surface area contributed by atoms with E-state index in [-0.39, 0.29) is 50.0 Å². The van der Waals surface area contributed by atoms with Crippen molar-refractivity contribution in [2.24, 2.45) is 11.8 Å². The number of nitrogens with zero attached hydrogens (tertiary/aromatic N) is 1. The second-order valence-electron chi connectivity index (χ2n) is 6.71. The molecular weight excluding hydrogens is 374 g/mol. The van der Waals surface area contributed by atoms with Crippen LogP contribution in [0.2, 0.25) is 5.02 Å². The zero-order valence-electron chi connectivity index (χ0n) is 14.5. The van der Waals surface area contributed by atoms with E-state index in [0.717, 1.165) is 0 Å². The number of carbonyl (C=O) groups excluding carboxylic acids is 3. The summed E-state index contributed by atoms with van der Waals surface area (Å²) in [5, 5.41) is 0.389. The van der Waals surface area contributed by atoms with Gasteiger partial charge in [0.05, 0.1) is 23.3 Å². The summed E-state index contributed by atoms with van der Waals surface area (Å²) in [7, 11) is 0. The van der Waals surface area contributed by atoms with Crippen LogP contribution in [-0.2, 0) is 25.7 Å². The van der Waals surface area contributed by atoms with Gasteiger partial charge in [0.25, 0.3) is 0 Å². The van der Waals surface area contributed by atoms with Crippen molar-refractivity contribution in [3.63, 3.8) is 0 Å². The number of carbonyl (C=O) groups is 3. The molecule has 27 heavy (non-hydrogen) atoms. The maximum absolute atomic E-state index is 12.4. The maximum atomic E-state index is 12.4. The Balaban J connectivity index is 1.30. The molecule has 0 N–H and O–H groups in total. The molecule has 7 nitrogen and oxygen atoms in total. The Morgan fingerprint density at radius 3 is 2.56 bits per heavy atom. The number of ether oxygens (including phenoxy) is 3. The molecule has 2 amide bonds. The zero-order chi connectivity index (χ0) is 19.0. The smallest absolute Gasteiger partial charge is 0.307 e. The van der Waals surface area contributed by atoms with Gasteiger partial charge in [0.1, 0.15) is 6.61 Å². The summed E-state index contributed by atoms with van der Waals surface area (Å²) in [6, 6.07) is 3.35. The van der Waals surface area contributed by atoms with Gasteiger partial charge < -0.3 is 14.2 Å². The fourth-order valence-electron chi connectivity index (χ4n) is 3.63. The van der Waals surface area contributed by atoms with Crippen LogP contribution in [0, 0.1) is 11.8 Å². The highest BCUT2D eigenvalue weighted by molar-refractivity contribution is 6.32. The summed E-state index contributed by atoms with van der Waals surface area (Å²) in [6.45, 7) is 0.172. The molecule has 0 radical (unpaired) electrons. The highest BCUT2D eigenvalue weighted by atomic mass is 35.5. The molecule has 2 heterocycles. The SMILES string of the molecule is O=C(CCN1C(=O)[C@H]2CC=CC[C@H]2C1=O)OCc1cc(Cl)c2c(c1)OCO2. The summed E-state index contributed by atoms with van der Waals surface area (Å²) in [5.74, 6) is -0.442. The monoisotopic (exact) mass is 391 g/mol. The van der Waals surface area contributed by atoms with Crippen LogP contribution in [0.3, 0.4) is 0 Å². The van der Waals surface area contributed by atoms with Gasteiger partial charge in [-0.3, -0.25) is 19.3 Å². The molecule has 142 valence electrons. The van der Waals surface area contributed by atoms with Crippen molar-refractivity contribution in [1.29, 1.82) is 0 Å². The average Bonchev–Trinajstić information content (AvgIpc) is 3.23. The molecule has 3 aliphatic rings. The topological polar surface area (TPSA) is 82.1 Å². The lowest BCUT2D eigenvalue weighted by Gasteiger charge is -2.14. The number of esters is 1. The summed E-state index contributed by atoms with van der Waals surface area (Å²) >= 11 is 6.10. The number of allylic oxidation sites excluding steroid dienone is 2. The molecule has 1 fully saturated rings. The van der Waals surface area contributed by atoms with Gasteiger partial charge in [-0.2, -0.15) is 0 Å². The highest BCUT2D eigenvalue weighted by Crippen LogP contribution is 2.40. The largest absolute Gasteiger partial charge is 0.461 e. The van der Waals surface area contributed by atoms with Gasteiger partial charge in [-0.05, 0) is 30.5 Å². The fraction of sp³-hybridized carbons (Fsp3) is 0.421. The molecule has 2 aliphatic heterocycles. The zero-order valence-corrected chi connectivity index (χ0v) is 15.2. The number of benzene rings is 1. The highest BCUT2D eigenvalue weighted by Gasteiger charge is 2.46. The van der Waals surface area contributed by atoms with Gasteiger partial charge in [-0.15, -0.1) is 0 Å². The molecule has 1 aromatic carbocycles. The second-order valence-corrected chi connectivity index (χ2v) is 7.11. The first-order valence-corrected chi connectivity index (χ1v) is 9.16. The minimum Gasteiger partial charge on any atom is -0.461 e. The second kappa shape index (κ2) is 7.23. The number of amides is 2. The molecule has 2 atom stereocenters. The quantitative estimate of drug-likeness (QED) is 0.435. The van der Waals surface area contributed by atoms with Gasteiger partial charge in [-0.25, -0.2) is 0 Å². The van der Waals surface area contributed by atoms with Crippen LogP contribution in [0.15, 0.2) is 24.3 Å². The molecule has 8 heteroatoms. The van der Waals surface area contributed by atoms with E-state index in [1.54, 1.807) is 12.1 Å². The Morgan fingerprint density at radius 1 is 1.15 bits per heavy atom. The Labute approximate surface area is 160 Å². The number of fused-ring (bicyclic) bond motifs is 2. The standard InChI is InChI=1S/C19H18ClNO6/c20-14-7-11(8-15-17(14)27-10-26-15)9-25-16(22)5-6-21-18(23)12-3-1-2-4-13(12)19(21)24/h1-2,7-8,12-13H,3-6,9-10H2/t12-,13+. The summed E-state index contributed by atoms with van der Waals surface area (Å²) in [5.41, 5.74) is 0.669. The van der Waals surface area contributed by atoms with Crippen molar-refractivity contribution in [1.82, 2.24) is 4.90 Å². The molecule has 1 aliphatic carbocycles. The van der Waals surface area contributed by atoms with Gasteiger partial charge in [0.2, 0.25) is 18.6 Å². The molecule has 1 saturated heterocycles. The van der Waals surface area contributed by atoms with E-state index in [1.807, 2.05) is 12.2 Å². The number of hydrogen-bond donors (Lipinski definition) is 0. The first kappa shape index (κ1) is 17.9. The van der Waals surface area contributed by atoms with Crippen molar-refractivity contribution in [2.75, 3.05) is 13.3 Å². The Bertz CT molecular complexity index is 810. The van der Waals surface area contributed by atoms with Crippen molar-refractivity contribution >= 4 is 29.4 Å². The van der Waals surface area contributed by atoms with Crippen LogP contribution in [0.25, 0.3) is 0 Å². The average molecular weight is 392 g/mol. The third-order valence-corrected chi connectivity index (χ3v) is 5.31. The fourth-order valence-corrected chi connectivity index (χ4v) is 3.92. The third-order valence-electron chi connectivity index (χ3n) is 5.03. The van der Waals surface area contributed by atoms with E-state index < -0.39 is 5.97 Å². The van der Waals surface area contributed by atoms with Crippen LogP contribution in [0.4, 0.5) is 0 Å². The molecule has 0 bridgehead atoms. The third kappa shape index (κ3) is 3.39. The van der Waals surface area contributed by atoms with Crippen molar-refractivity contribution in [3.05, 3.63) is 34.9 Å². The van der Waals surface area contributed by atoms with E-state index in [9.17, 15) is 14.4 Å². The van der Waals surface area contributed by atoms with Crippen LogP contribution in [0.1, 0.15) is 24.8 Å². The van der Waals surface area contributed by atoms with Crippen LogP contribution >= 0.6 is 11.6 Å². The Hall–Kier alpha value is -2.54. The van der Waals surface area contributed by atoms with E-state index in [2.05, 4.69) is 0 Å². The Kier molecular flexibility index (Phi) is 4.78. The number of imide groups is 1. The summed E-state index contributed by atoms with van der Waals surface area (Å²) in [4.78, 5) is 38.0. The lowest BCUT2D eigenvalue weighted by molar-refractivity contribution is -0.146. The first-order chi connectivity index (χ1) is 13.0. The van der Waals surface area contributed by atoms with E-state index in [1.165, 1.54) is 4.90 Å². The minimum absolute atomic E-state index is 0.0201. The molecule has 4 rings (SSSR count). The molecule has 1 aromatic rings. The van der Waals surface area contributed by atoms with E-state index >= 15 is 0 Å². The lowest BCUT2D eigenvalue weighted by Crippen LogP contribution is -2.33. The van der Waals surface area contributed by atoms with Gasteiger partial charge >= 0.3 is 5.97 Å². The van der Waals surface area contributed by atoms with Crippen molar-refractivity contribution in [2.45, 2.75) is 25.9 Å². The van der Waals surface area contributed by atoms with Gasteiger partial charge in [0, 0.05) is 6.54 Å². The number of rotatable bonds is 5. The number of hydrogen-bond acceptors (Lipinski definition) is 6. The Morgan fingerprint density at radius 2 is 1.85 bits per heavy atom. The van der Waals surface area contributed by atoms with E-state index in [4.69, 9.17) is 25.8 Å². The molecule has 0 saturated carbocycles. The lowest BCUT2D eigenvalue weighted by atomic mass is 9.85. The normalized spacial score (nSPS) is 22.9.